The molecule has 1 aliphatic rings. The lowest BCUT2D eigenvalue weighted by Crippen LogP contribution is -2.50. The second kappa shape index (κ2) is 9.94. The van der Waals surface area contributed by atoms with Crippen LogP contribution in [-0.2, 0) is 10.0 Å². The molecule has 4 aromatic rings. The lowest BCUT2D eigenvalue weighted by Gasteiger charge is -2.34. The van der Waals surface area contributed by atoms with Crippen molar-refractivity contribution in [3.05, 3.63) is 96.2 Å². The number of anilines is 1. The third-order valence-electron chi connectivity index (χ3n) is 6.07. The van der Waals surface area contributed by atoms with Crippen molar-refractivity contribution >= 4 is 38.4 Å². The summed E-state index contributed by atoms with van der Waals surface area (Å²) >= 11 is 0. The molecule has 1 N–H and O–H groups in total. The highest BCUT2D eigenvalue weighted by Gasteiger charge is 2.26. The third kappa shape index (κ3) is 5.12. The normalized spacial score (nSPS) is 14.0. The Labute approximate surface area is 212 Å². The molecule has 0 saturated carbocycles. The van der Waals surface area contributed by atoms with E-state index in [9.17, 15) is 22.4 Å². The Balaban J connectivity index is 1.23. The average molecular weight is 520 g/mol. The number of rotatable bonds is 5. The minimum Gasteiger partial charge on any atom is -0.335 e. The van der Waals surface area contributed by atoms with Crippen molar-refractivity contribution in [1.29, 1.82) is 0 Å². The van der Waals surface area contributed by atoms with Gasteiger partial charge in [-0.3, -0.25) is 19.3 Å². The number of carbonyl (C=O) groups excluding carboxylic acids is 2. The average Bonchev–Trinajstić information content (AvgIpc) is 2.92. The van der Waals surface area contributed by atoms with E-state index in [1.54, 1.807) is 46.2 Å². The van der Waals surface area contributed by atoms with E-state index >= 15 is 0 Å². The van der Waals surface area contributed by atoms with E-state index in [-0.39, 0.29) is 22.4 Å². The van der Waals surface area contributed by atoms with Crippen LogP contribution in [0.15, 0.2) is 84.0 Å². The lowest BCUT2D eigenvalue weighted by molar-refractivity contribution is 0.0532. The smallest absolute Gasteiger partial charge is 0.272 e. The zero-order valence-electron chi connectivity index (χ0n) is 19.5. The molecule has 1 saturated heterocycles. The van der Waals surface area contributed by atoms with Gasteiger partial charge in [0.2, 0.25) is 0 Å². The van der Waals surface area contributed by atoms with Crippen LogP contribution in [0, 0.1) is 5.82 Å². The first-order valence-electron chi connectivity index (χ1n) is 11.5. The van der Waals surface area contributed by atoms with Crippen molar-refractivity contribution in [3.63, 3.8) is 0 Å². The summed E-state index contributed by atoms with van der Waals surface area (Å²) in [7, 11) is -3.90. The summed E-state index contributed by atoms with van der Waals surface area (Å²) in [5, 5.41) is 0.710. The number of amides is 2. The Kier molecular flexibility index (Phi) is 6.53. The first-order valence-corrected chi connectivity index (χ1v) is 13.0. The summed E-state index contributed by atoms with van der Waals surface area (Å²) in [5.41, 5.74) is 1.23. The fourth-order valence-corrected chi connectivity index (χ4v) is 5.38. The second-order valence-electron chi connectivity index (χ2n) is 8.46. The molecule has 9 nitrogen and oxygen atoms in total. The number of pyridine rings is 2. The molecule has 2 aromatic carbocycles. The quantitative estimate of drug-likeness (QED) is 0.434. The van der Waals surface area contributed by atoms with Gasteiger partial charge in [0.1, 0.15) is 16.4 Å². The molecule has 188 valence electrons. The molecule has 5 rings (SSSR count). The van der Waals surface area contributed by atoms with Gasteiger partial charge in [0.15, 0.2) is 0 Å². The lowest BCUT2D eigenvalue weighted by atomic mass is 10.1. The van der Waals surface area contributed by atoms with Gasteiger partial charge >= 0.3 is 0 Å². The number of hydrogen-bond donors (Lipinski definition) is 1. The number of halogens is 1. The largest absolute Gasteiger partial charge is 0.335 e. The second-order valence-corrected chi connectivity index (χ2v) is 10.1. The molecule has 0 atom stereocenters. The van der Waals surface area contributed by atoms with Crippen molar-refractivity contribution in [3.8, 4) is 0 Å². The fourth-order valence-electron chi connectivity index (χ4n) is 4.14. The third-order valence-corrected chi connectivity index (χ3v) is 7.48. The molecule has 0 radical (unpaired) electrons. The predicted molar refractivity (Wildman–Crippen MR) is 135 cm³/mol. The number of carbonyl (C=O) groups is 2. The number of aromatic nitrogens is 2. The molecule has 1 fully saturated rings. The van der Waals surface area contributed by atoms with Crippen LogP contribution in [0.25, 0.3) is 10.9 Å². The topological polar surface area (TPSA) is 113 Å². The van der Waals surface area contributed by atoms with Gasteiger partial charge in [-0.25, -0.2) is 17.8 Å². The van der Waals surface area contributed by atoms with E-state index < -0.39 is 15.8 Å². The van der Waals surface area contributed by atoms with Gasteiger partial charge in [0, 0.05) is 49.0 Å². The van der Waals surface area contributed by atoms with Crippen molar-refractivity contribution in [2.45, 2.75) is 4.90 Å². The van der Waals surface area contributed by atoms with Crippen molar-refractivity contribution in [2.24, 2.45) is 0 Å². The number of benzene rings is 2. The summed E-state index contributed by atoms with van der Waals surface area (Å²) in [6.07, 6.45) is 2.53. The van der Waals surface area contributed by atoms with Crippen LogP contribution < -0.4 is 4.72 Å². The molecule has 11 heteroatoms. The zero-order chi connectivity index (χ0) is 26.0. The Morgan fingerprint density at radius 2 is 1.49 bits per heavy atom. The molecule has 2 amide bonds. The molecule has 0 unspecified atom stereocenters. The van der Waals surface area contributed by atoms with Gasteiger partial charge in [-0.15, -0.1) is 0 Å². The highest BCUT2D eigenvalue weighted by molar-refractivity contribution is 7.93. The van der Waals surface area contributed by atoms with E-state index in [1.165, 1.54) is 36.5 Å². The molecule has 37 heavy (non-hydrogen) atoms. The molecule has 1 aliphatic heterocycles. The van der Waals surface area contributed by atoms with Crippen LogP contribution in [0.2, 0.25) is 0 Å². The minimum atomic E-state index is -3.90. The first kappa shape index (κ1) is 24.3. The summed E-state index contributed by atoms with van der Waals surface area (Å²) < 4.78 is 41.6. The van der Waals surface area contributed by atoms with Gasteiger partial charge in [0.25, 0.3) is 21.8 Å². The summed E-state index contributed by atoms with van der Waals surface area (Å²) in [4.78, 5) is 36.8. The number of sulfonamides is 1. The van der Waals surface area contributed by atoms with Crippen molar-refractivity contribution < 1.29 is 22.4 Å². The Morgan fingerprint density at radius 3 is 2.16 bits per heavy atom. The molecule has 2 aromatic heterocycles. The van der Waals surface area contributed by atoms with Crippen molar-refractivity contribution in [2.75, 3.05) is 30.9 Å². The molecule has 0 spiro atoms. The van der Waals surface area contributed by atoms with E-state index in [0.717, 1.165) is 6.20 Å². The number of fused-ring (bicyclic) bond motifs is 1. The van der Waals surface area contributed by atoms with Gasteiger partial charge in [-0.2, -0.15) is 0 Å². The molecule has 0 bridgehead atoms. The Hall–Kier alpha value is -4.38. The maximum absolute atomic E-state index is 13.1. The Bertz CT molecular complexity index is 1560. The minimum absolute atomic E-state index is 0.0639. The maximum Gasteiger partial charge on any atom is 0.272 e. The molecular weight excluding hydrogens is 497 g/mol. The number of nitrogens with zero attached hydrogens (tertiary/aromatic N) is 4. The van der Waals surface area contributed by atoms with Crippen LogP contribution in [0.3, 0.4) is 0 Å². The standard InChI is InChI=1S/C26H22FN5O4S/c27-20-8-11-22(29-17-20)26(34)32-15-13-31(14-16-32)25(33)19-6-9-21(10-7-19)30-37(35,36)23-5-1-3-18-4-2-12-28-24(18)23/h1-12,17,30H,13-16H2. The monoisotopic (exact) mass is 519 g/mol. The van der Waals surface area contributed by atoms with Crippen LogP contribution in [-0.4, -0.2) is 66.2 Å². The summed E-state index contributed by atoms with van der Waals surface area (Å²) in [5.74, 6) is -1.05. The van der Waals surface area contributed by atoms with Crippen LogP contribution in [0.5, 0.6) is 0 Å². The Morgan fingerprint density at radius 1 is 0.811 bits per heavy atom. The van der Waals surface area contributed by atoms with Crippen LogP contribution >= 0.6 is 0 Å². The van der Waals surface area contributed by atoms with E-state index in [0.29, 0.717) is 48.3 Å². The van der Waals surface area contributed by atoms with Crippen LogP contribution in [0.1, 0.15) is 20.8 Å². The van der Waals surface area contributed by atoms with E-state index in [4.69, 9.17) is 0 Å². The van der Waals surface area contributed by atoms with E-state index in [2.05, 4.69) is 14.7 Å². The van der Waals surface area contributed by atoms with E-state index in [1.807, 2.05) is 0 Å². The summed E-state index contributed by atoms with van der Waals surface area (Å²) in [6.45, 7) is 1.30. The SMILES string of the molecule is O=C(c1ccc(NS(=O)(=O)c2cccc3cccnc23)cc1)N1CCN(C(=O)c2ccc(F)cn2)CC1. The number of piperazine rings is 1. The number of hydrogen-bond acceptors (Lipinski definition) is 6. The zero-order valence-corrected chi connectivity index (χ0v) is 20.4. The predicted octanol–water partition coefficient (Wildman–Crippen LogP) is 3.17. The summed E-state index contributed by atoms with van der Waals surface area (Å²) in [6, 6.07) is 17.2. The molecular formula is C26H22FN5O4S. The molecule has 3 heterocycles. The maximum atomic E-state index is 13.1. The van der Waals surface area contributed by atoms with Gasteiger partial charge in [0.05, 0.1) is 11.7 Å². The highest BCUT2D eigenvalue weighted by atomic mass is 32.2. The fraction of sp³-hybridized carbons (Fsp3) is 0.154. The highest BCUT2D eigenvalue weighted by Crippen LogP contribution is 2.23. The molecule has 0 aliphatic carbocycles. The van der Waals surface area contributed by atoms with Crippen LogP contribution in [0.4, 0.5) is 10.1 Å². The number of para-hydroxylation sites is 1. The number of nitrogens with one attached hydrogen (secondary N) is 1. The van der Waals surface area contributed by atoms with Crippen molar-refractivity contribution in [1.82, 2.24) is 19.8 Å². The first-order chi connectivity index (χ1) is 17.8. The van der Waals surface area contributed by atoms with Gasteiger partial charge < -0.3 is 9.80 Å². The van der Waals surface area contributed by atoms with Gasteiger partial charge in [-0.05, 0) is 48.5 Å². The van der Waals surface area contributed by atoms with Gasteiger partial charge in [-0.1, -0.05) is 18.2 Å².